The third kappa shape index (κ3) is 3.09. The van der Waals surface area contributed by atoms with Crippen LogP contribution in [0.15, 0.2) is 36.5 Å². The molecule has 0 spiro atoms. The molecule has 0 saturated carbocycles. The number of nitrogens with one attached hydrogen (secondary N) is 2. The molecule has 1 unspecified atom stereocenters. The largest absolute Gasteiger partial charge is 0.385 e. The summed E-state index contributed by atoms with van der Waals surface area (Å²) < 4.78 is 0. The second kappa shape index (κ2) is 5.53. The highest BCUT2D eigenvalue weighted by Crippen LogP contribution is 2.20. The molecule has 0 aliphatic rings. The highest BCUT2D eigenvalue weighted by atomic mass is 15.1. The van der Waals surface area contributed by atoms with E-state index in [9.17, 15) is 0 Å². The average molecular weight is 229 g/mol. The smallest absolute Gasteiger partial charge is 0.0650 e. The van der Waals surface area contributed by atoms with E-state index < -0.39 is 0 Å². The molecule has 90 valence electrons. The molecule has 3 nitrogen and oxygen atoms in total. The number of nitrogens with zero attached hydrogens (tertiary/aromatic N) is 1. The SMILES string of the molecule is CCC(C)CNc1cccc(-c2ccn[nH]2)c1. The zero-order chi connectivity index (χ0) is 12.1. The fraction of sp³-hybridized carbons (Fsp3) is 0.357. The number of benzene rings is 1. The van der Waals surface area contributed by atoms with Crippen LogP contribution in [-0.2, 0) is 0 Å². The number of rotatable bonds is 5. The van der Waals surface area contributed by atoms with Gasteiger partial charge in [0.15, 0.2) is 0 Å². The first-order valence-corrected chi connectivity index (χ1v) is 6.13. The first-order chi connectivity index (χ1) is 8.29. The van der Waals surface area contributed by atoms with Gasteiger partial charge in [-0.2, -0.15) is 5.10 Å². The van der Waals surface area contributed by atoms with E-state index in [0.29, 0.717) is 5.92 Å². The van der Waals surface area contributed by atoms with E-state index in [0.717, 1.165) is 23.5 Å². The van der Waals surface area contributed by atoms with Gasteiger partial charge in [0.2, 0.25) is 0 Å². The molecule has 0 fully saturated rings. The predicted molar refractivity (Wildman–Crippen MR) is 72.0 cm³/mol. The summed E-state index contributed by atoms with van der Waals surface area (Å²) in [5.41, 5.74) is 3.38. The van der Waals surface area contributed by atoms with Crippen LogP contribution in [0.4, 0.5) is 5.69 Å². The van der Waals surface area contributed by atoms with Gasteiger partial charge in [-0.25, -0.2) is 0 Å². The molecule has 17 heavy (non-hydrogen) atoms. The number of aromatic nitrogens is 2. The summed E-state index contributed by atoms with van der Waals surface area (Å²) >= 11 is 0. The van der Waals surface area contributed by atoms with E-state index in [4.69, 9.17) is 0 Å². The molecule has 3 heteroatoms. The molecule has 0 radical (unpaired) electrons. The number of hydrogen-bond acceptors (Lipinski definition) is 2. The minimum absolute atomic E-state index is 0.700. The van der Waals surface area contributed by atoms with Gasteiger partial charge in [-0.3, -0.25) is 5.10 Å². The maximum atomic E-state index is 3.97. The normalized spacial score (nSPS) is 12.4. The molecule has 0 aliphatic heterocycles. The molecule has 0 bridgehead atoms. The first-order valence-electron chi connectivity index (χ1n) is 6.13. The molecule has 1 aromatic carbocycles. The Bertz CT molecular complexity index is 448. The number of H-pyrrole nitrogens is 1. The van der Waals surface area contributed by atoms with Crippen LogP contribution in [0.2, 0.25) is 0 Å². The molecule has 0 amide bonds. The van der Waals surface area contributed by atoms with Crippen LogP contribution in [0.3, 0.4) is 0 Å². The van der Waals surface area contributed by atoms with Crippen LogP contribution in [0.25, 0.3) is 11.3 Å². The van der Waals surface area contributed by atoms with Crippen LogP contribution in [0, 0.1) is 5.92 Å². The maximum absolute atomic E-state index is 3.97. The molecular formula is C14H19N3. The van der Waals surface area contributed by atoms with Gasteiger partial charge in [0.1, 0.15) is 0 Å². The lowest BCUT2D eigenvalue weighted by Crippen LogP contribution is -2.10. The lowest BCUT2D eigenvalue weighted by Gasteiger charge is -2.12. The van der Waals surface area contributed by atoms with E-state index in [1.165, 1.54) is 6.42 Å². The molecule has 1 atom stereocenters. The minimum Gasteiger partial charge on any atom is -0.385 e. The zero-order valence-corrected chi connectivity index (χ0v) is 10.4. The summed E-state index contributed by atoms with van der Waals surface area (Å²) in [6, 6.07) is 10.4. The fourth-order valence-corrected chi connectivity index (χ4v) is 1.65. The van der Waals surface area contributed by atoms with Crippen molar-refractivity contribution in [2.45, 2.75) is 20.3 Å². The van der Waals surface area contributed by atoms with Gasteiger partial charge in [0.25, 0.3) is 0 Å². The minimum atomic E-state index is 0.700. The predicted octanol–water partition coefficient (Wildman–Crippen LogP) is 3.53. The Morgan fingerprint density at radius 1 is 1.35 bits per heavy atom. The molecule has 2 N–H and O–H groups in total. The molecular weight excluding hydrogens is 210 g/mol. The second-order valence-electron chi connectivity index (χ2n) is 4.45. The van der Waals surface area contributed by atoms with Crippen molar-refractivity contribution < 1.29 is 0 Å². The summed E-state index contributed by atoms with van der Waals surface area (Å²) in [7, 11) is 0. The van der Waals surface area contributed by atoms with Gasteiger partial charge in [0.05, 0.1) is 5.69 Å². The third-order valence-electron chi connectivity index (χ3n) is 3.03. The quantitative estimate of drug-likeness (QED) is 0.823. The topological polar surface area (TPSA) is 40.7 Å². The molecule has 2 aromatic rings. The number of anilines is 1. The van der Waals surface area contributed by atoms with E-state index in [1.807, 2.05) is 6.07 Å². The van der Waals surface area contributed by atoms with Crippen LogP contribution in [0.1, 0.15) is 20.3 Å². The van der Waals surface area contributed by atoms with Gasteiger partial charge in [0, 0.05) is 24.0 Å². The van der Waals surface area contributed by atoms with Crippen molar-refractivity contribution in [2.24, 2.45) is 5.92 Å². The highest BCUT2D eigenvalue weighted by Gasteiger charge is 2.01. The van der Waals surface area contributed by atoms with Crippen molar-refractivity contribution in [2.75, 3.05) is 11.9 Å². The summed E-state index contributed by atoms with van der Waals surface area (Å²) in [6.07, 6.45) is 2.97. The Hall–Kier alpha value is -1.77. The molecule has 1 aromatic heterocycles. The Morgan fingerprint density at radius 3 is 2.94 bits per heavy atom. The van der Waals surface area contributed by atoms with E-state index in [1.54, 1.807) is 6.20 Å². The lowest BCUT2D eigenvalue weighted by atomic mass is 10.1. The maximum Gasteiger partial charge on any atom is 0.0650 e. The summed E-state index contributed by atoms with van der Waals surface area (Å²) in [5, 5.41) is 10.4. The molecule has 0 aliphatic carbocycles. The van der Waals surface area contributed by atoms with Crippen molar-refractivity contribution in [1.29, 1.82) is 0 Å². The van der Waals surface area contributed by atoms with Crippen LogP contribution < -0.4 is 5.32 Å². The zero-order valence-electron chi connectivity index (χ0n) is 10.4. The van der Waals surface area contributed by atoms with Crippen molar-refractivity contribution >= 4 is 5.69 Å². The molecule has 2 rings (SSSR count). The lowest BCUT2D eigenvalue weighted by molar-refractivity contribution is 0.593. The monoisotopic (exact) mass is 229 g/mol. The van der Waals surface area contributed by atoms with Gasteiger partial charge in [-0.15, -0.1) is 0 Å². The van der Waals surface area contributed by atoms with Crippen molar-refractivity contribution in [3.05, 3.63) is 36.5 Å². The highest BCUT2D eigenvalue weighted by molar-refractivity contribution is 5.64. The van der Waals surface area contributed by atoms with Crippen LogP contribution in [0.5, 0.6) is 0 Å². The standard InChI is InChI=1S/C14H19N3/c1-3-11(2)10-15-13-6-4-5-12(9-13)14-7-8-16-17-14/h4-9,11,15H,3,10H2,1-2H3,(H,16,17). The van der Waals surface area contributed by atoms with Crippen molar-refractivity contribution in [1.82, 2.24) is 10.2 Å². The fourth-order valence-electron chi connectivity index (χ4n) is 1.65. The summed E-state index contributed by atoms with van der Waals surface area (Å²) in [5.74, 6) is 0.700. The van der Waals surface area contributed by atoms with E-state index in [-0.39, 0.29) is 0 Å². The number of aromatic amines is 1. The average Bonchev–Trinajstić information content (AvgIpc) is 2.90. The van der Waals surface area contributed by atoms with Crippen molar-refractivity contribution in [3.63, 3.8) is 0 Å². The summed E-state index contributed by atoms with van der Waals surface area (Å²) in [4.78, 5) is 0. The first kappa shape index (κ1) is 11.7. The van der Waals surface area contributed by atoms with E-state index in [2.05, 4.69) is 53.6 Å². The Kier molecular flexibility index (Phi) is 3.81. The van der Waals surface area contributed by atoms with E-state index >= 15 is 0 Å². The Balaban J connectivity index is 2.07. The second-order valence-corrected chi connectivity index (χ2v) is 4.45. The van der Waals surface area contributed by atoms with Gasteiger partial charge < -0.3 is 5.32 Å². The summed E-state index contributed by atoms with van der Waals surface area (Å²) in [6.45, 7) is 5.49. The number of hydrogen-bond donors (Lipinski definition) is 2. The van der Waals surface area contributed by atoms with Crippen LogP contribution >= 0.6 is 0 Å². The Morgan fingerprint density at radius 2 is 2.24 bits per heavy atom. The van der Waals surface area contributed by atoms with Gasteiger partial charge >= 0.3 is 0 Å². The molecule has 0 saturated heterocycles. The van der Waals surface area contributed by atoms with Crippen LogP contribution in [-0.4, -0.2) is 16.7 Å². The van der Waals surface area contributed by atoms with Crippen molar-refractivity contribution in [3.8, 4) is 11.3 Å². The van der Waals surface area contributed by atoms with Gasteiger partial charge in [-0.05, 0) is 24.1 Å². The van der Waals surface area contributed by atoms with Gasteiger partial charge in [-0.1, -0.05) is 32.4 Å². The third-order valence-corrected chi connectivity index (χ3v) is 3.03. The molecule has 1 heterocycles. The Labute approximate surface area is 102 Å².